The van der Waals surface area contributed by atoms with Gasteiger partial charge in [-0.05, 0) is 62.2 Å². The number of nitrogens with one attached hydrogen (secondary N) is 2. The number of amides is 2. The molecular weight excluding hydrogens is 440 g/mol. The van der Waals surface area contributed by atoms with Crippen LogP contribution in [0.4, 0.5) is 5.82 Å². The third-order valence-corrected chi connectivity index (χ3v) is 6.53. The third-order valence-electron chi connectivity index (χ3n) is 5.28. The van der Waals surface area contributed by atoms with E-state index in [0.717, 1.165) is 25.2 Å². The molecule has 0 spiro atoms. The number of allylic oxidation sites excluding steroid dienone is 2. The molecule has 3 rings (SSSR count). The number of aromatic nitrogens is 1. The zero-order valence-corrected chi connectivity index (χ0v) is 19.4. The number of piperidine rings is 1. The van der Waals surface area contributed by atoms with Gasteiger partial charge in [0.25, 0.3) is 5.91 Å². The summed E-state index contributed by atoms with van der Waals surface area (Å²) in [5, 5.41) is 5.29. The molecule has 0 radical (unpaired) electrons. The summed E-state index contributed by atoms with van der Waals surface area (Å²) in [5.41, 5.74) is 1.58. The number of carbonyl (C=O) groups is 3. The maximum Gasteiger partial charge on any atom is 0.254 e. The monoisotopic (exact) mass is 470 g/mol. The molecule has 0 aliphatic carbocycles. The van der Waals surface area contributed by atoms with Gasteiger partial charge in [0.1, 0.15) is 18.4 Å². The molecule has 3 heterocycles. The first kappa shape index (κ1) is 24.7. The van der Waals surface area contributed by atoms with Gasteiger partial charge < -0.3 is 15.1 Å². The number of aldehydes is 1. The van der Waals surface area contributed by atoms with E-state index in [1.807, 2.05) is 12.1 Å². The highest BCUT2D eigenvalue weighted by molar-refractivity contribution is 8.00. The largest absolute Gasteiger partial charge is 0.472 e. The minimum absolute atomic E-state index is 0.181. The Kier molecular flexibility index (Phi) is 10.2. The van der Waals surface area contributed by atoms with E-state index < -0.39 is 5.25 Å². The fourth-order valence-electron chi connectivity index (χ4n) is 3.59. The number of thioether (sulfide) groups is 1. The summed E-state index contributed by atoms with van der Waals surface area (Å²) in [4.78, 5) is 42.3. The van der Waals surface area contributed by atoms with Crippen LogP contribution in [-0.4, -0.2) is 58.6 Å². The topological polar surface area (TPSA) is 105 Å². The van der Waals surface area contributed by atoms with Crippen molar-refractivity contribution < 1.29 is 18.8 Å². The molecule has 9 heteroatoms. The summed E-state index contributed by atoms with van der Waals surface area (Å²) in [6, 6.07) is 5.49. The molecule has 2 N–H and O–H groups in total. The van der Waals surface area contributed by atoms with Crippen LogP contribution >= 0.6 is 11.8 Å². The fraction of sp³-hybridized carbons (Fsp3) is 0.417. The molecule has 1 aliphatic rings. The summed E-state index contributed by atoms with van der Waals surface area (Å²) >= 11 is 1.42. The first-order valence-corrected chi connectivity index (χ1v) is 12.2. The average Bonchev–Trinajstić information content (AvgIpc) is 3.36. The highest BCUT2D eigenvalue weighted by Gasteiger charge is 2.19. The Hall–Kier alpha value is -2.91. The first-order valence-electron chi connectivity index (χ1n) is 11.2. The number of carbonyl (C=O) groups excluding carboxylic acids is 3. The molecule has 2 aromatic rings. The molecule has 1 saturated heterocycles. The maximum atomic E-state index is 12.9. The van der Waals surface area contributed by atoms with Crippen LogP contribution in [0.2, 0.25) is 0 Å². The Morgan fingerprint density at radius 1 is 1.24 bits per heavy atom. The van der Waals surface area contributed by atoms with E-state index in [9.17, 15) is 14.4 Å². The quantitative estimate of drug-likeness (QED) is 0.279. The van der Waals surface area contributed by atoms with Crippen molar-refractivity contribution in [2.24, 2.45) is 0 Å². The second-order valence-corrected chi connectivity index (χ2v) is 9.11. The van der Waals surface area contributed by atoms with Gasteiger partial charge in [-0.3, -0.25) is 19.3 Å². The number of furan rings is 1. The summed E-state index contributed by atoms with van der Waals surface area (Å²) in [7, 11) is 0. The second-order valence-electron chi connectivity index (χ2n) is 7.80. The van der Waals surface area contributed by atoms with Gasteiger partial charge in [-0.2, -0.15) is 0 Å². The second kappa shape index (κ2) is 13.6. The van der Waals surface area contributed by atoms with E-state index in [4.69, 9.17) is 4.42 Å². The summed E-state index contributed by atoms with van der Waals surface area (Å²) in [6.07, 6.45) is 12.4. The van der Waals surface area contributed by atoms with Crippen molar-refractivity contribution in [3.05, 3.63) is 60.2 Å². The molecule has 1 unspecified atom stereocenters. The number of nitrogens with zero attached hydrogens (tertiary/aromatic N) is 2. The molecule has 2 aromatic heterocycles. The van der Waals surface area contributed by atoms with Gasteiger partial charge in [0.2, 0.25) is 5.91 Å². The number of rotatable bonds is 12. The molecule has 1 aliphatic heterocycles. The fourth-order valence-corrected chi connectivity index (χ4v) is 4.56. The molecule has 176 valence electrons. The lowest BCUT2D eigenvalue weighted by molar-refractivity contribution is -0.115. The Balaban J connectivity index is 1.52. The van der Waals surface area contributed by atoms with Crippen molar-refractivity contribution in [1.82, 2.24) is 15.2 Å². The van der Waals surface area contributed by atoms with Crippen molar-refractivity contribution in [2.75, 3.05) is 30.7 Å². The van der Waals surface area contributed by atoms with Gasteiger partial charge in [0.05, 0.1) is 17.1 Å². The van der Waals surface area contributed by atoms with Crippen molar-refractivity contribution in [2.45, 2.75) is 37.5 Å². The number of hydrogen-bond acceptors (Lipinski definition) is 7. The standard InChI is InChI=1S/C24H30N4O4S/c29-13-5-2-6-21(33-15-10-26-23(30)20-8-14-32-18-20)24(31)27-22-16-19(7-9-25-22)17-28-11-3-1-4-12-28/h2,5,7-9,13-14,16,18,21H,1,3-4,6,10-12,15,17H2,(H,26,30)(H,25,27,31)/b5-2-. The number of pyridine rings is 1. The molecular formula is C24H30N4O4S. The number of hydrogen-bond donors (Lipinski definition) is 2. The van der Waals surface area contributed by atoms with Crippen LogP contribution in [0.15, 0.2) is 53.5 Å². The van der Waals surface area contributed by atoms with E-state index >= 15 is 0 Å². The van der Waals surface area contributed by atoms with Gasteiger partial charge >= 0.3 is 0 Å². The Morgan fingerprint density at radius 2 is 2.09 bits per heavy atom. The molecule has 33 heavy (non-hydrogen) atoms. The first-order chi connectivity index (χ1) is 16.2. The molecule has 8 nitrogen and oxygen atoms in total. The summed E-state index contributed by atoms with van der Waals surface area (Å²) in [6.45, 7) is 3.45. The Labute approximate surface area is 198 Å². The van der Waals surface area contributed by atoms with E-state index in [2.05, 4.69) is 20.5 Å². The predicted octanol–water partition coefficient (Wildman–Crippen LogP) is 3.28. The molecule has 1 fully saturated rings. The SMILES string of the molecule is O=C/C=C\CC(SCCNC(=O)c1ccoc1)C(=O)Nc1cc(CN2CCCCC2)ccn1. The highest BCUT2D eigenvalue weighted by atomic mass is 32.2. The van der Waals surface area contributed by atoms with Gasteiger partial charge in [-0.15, -0.1) is 11.8 Å². The predicted molar refractivity (Wildman–Crippen MR) is 129 cm³/mol. The smallest absolute Gasteiger partial charge is 0.254 e. The third kappa shape index (κ3) is 8.51. The number of likely N-dealkylation sites (tertiary alicyclic amines) is 1. The molecule has 0 saturated carbocycles. The molecule has 1 atom stereocenters. The van der Waals surface area contributed by atoms with Crippen LogP contribution in [0.1, 0.15) is 41.6 Å². The van der Waals surface area contributed by atoms with Gasteiger partial charge in [0.15, 0.2) is 0 Å². The minimum atomic E-state index is -0.417. The van der Waals surface area contributed by atoms with Crippen LogP contribution in [0.5, 0.6) is 0 Å². The zero-order valence-electron chi connectivity index (χ0n) is 18.6. The van der Waals surface area contributed by atoms with Crippen LogP contribution in [0.3, 0.4) is 0 Å². The number of anilines is 1. The van der Waals surface area contributed by atoms with Crippen molar-refractivity contribution in [3.63, 3.8) is 0 Å². The highest BCUT2D eigenvalue weighted by Crippen LogP contribution is 2.19. The average molecular weight is 471 g/mol. The van der Waals surface area contributed by atoms with E-state index in [1.165, 1.54) is 49.6 Å². The summed E-state index contributed by atoms with van der Waals surface area (Å²) < 4.78 is 4.91. The normalized spacial score (nSPS) is 15.3. The van der Waals surface area contributed by atoms with Crippen LogP contribution < -0.4 is 10.6 Å². The van der Waals surface area contributed by atoms with Crippen LogP contribution in [0.25, 0.3) is 0 Å². The van der Waals surface area contributed by atoms with Crippen LogP contribution in [0, 0.1) is 0 Å². The van der Waals surface area contributed by atoms with E-state index in [0.29, 0.717) is 36.4 Å². The van der Waals surface area contributed by atoms with E-state index in [1.54, 1.807) is 18.3 Å². The molecule has 0 bridgehead atoms. The lowest BCUT2D eigenvalue weighted by Gasteiger charge is -2.26. The van der Waals surface area contributed by atoms with Gasteiger partial charge in [0, 0.05) is 25.0 Å². The van der Waals surface area contributed by atoms with Crippen LogP contribution in [-0.2, 0) is 16.1 Å². The van der Waals surface area contributed by atoms with Gasteiger partial charge in [-0.1, -0.05) is 12.5 Å². The Bertz CT molecular complexity index is 926. The van der Waals surface area contributed by atoms with Crippen molar-refractivity contribution in [3.8, 4) is 0 Å². The van der Waals surface area contributed by atoms with Crippen molar-refractivity contribution >= 4 is 35.7 Å². The van der Waals surface area contributed by atoms with Gasteiger partial charge in [-0.25, -0.2) is 4.98 Å². The lowest BCUT2D eigenvalue weighted by Crippen LogP contribution is -2.30. The Morgan fingerprint density at radius 3 is 2.85 bits per heavy atom. The maximum absolute atomic E-state index is 12.9. The minimum Gasteiger partial charge on any atom is -0.472 e. The zero-order chi connectivity index (χ0) is 23.3. The molecule has 0 aromatic carbocycles. The summed E-state index contributed by atoms with van der Waals surface area (Å²) in [5.74, 6) is 0.659. The molecule has 2 amide bonds. The lowest BCUT2D eigenvalue weighted by atomic mass is 10.1. The van der Waals surface area contributed by atoms with Crippen molar-refractivity contribution in [1.29, 1.82) is 0 Å². The van der Waals surface area contributed by atoms with E-state index in [-0.39, 0.29) is 11.8 Å².